The van der Waals surface area contributed by atoms with Gasteiger partial charge in [0.2, 0.25) is 11.8 Å². The number of hydrogen-bond donors (Lipinski definition) is 2. The summed E-state index contributed by atoms with van der Waals surface area (Å²) in [6, 6.07) is 13.6. The first kappa shape index (κ1) is 22.2. The van der Waals surface area contributed by atoms with Crippen LogP contribution in [0.4, 0.5) is 5.69 Å². The maximum Gasteiger partial charge on any atom is 0.251 e. The molecule has 0 unspecified atom stereocenters. The van der Waals surface area contributed by atoms with Crippen LogP contribution in [0.25, 0.3) is 0 Å². The van der Waals surface area contributed by atoms with Crippen molar-refractivity contribution in [3.63, 3.8) is 0 Å². The van der Waals surface area contributed by atoms with Crippen molar-refractivity contribution >= 4 is 35.0 Å². The van der Waals surface area contributed by atoms with E-state index in [1.807, 2.05) is 0 Å². The van der Waals surface area contributed by atoms with E-state index in [0.717, 1.165) is 0 Å². The van der Waals surface area contributed by atoms with Crippen molar-refractivity contribution in [2.24, 2.45) is 0 Å². The second-order valence-corrected chi connectivity index (χ2v) is 6.83. The third-order valence-corrected chi connectivity index (χ3v) is 4.36. The Hall–Kier alpha value is -3.06. The van der Waals surface area contributed by atoms with Gasteiger partial charge in [0.1, 0.15) is 5.75 Å². The highest BCUT2D eigenvalue weighted by Crippen LogP contribution is 2.15. The SMILES string of the molecule is COc1ccc(C(=O)NCCCC(=O)N(C)CC(=O)Nc2cccc(Cl)c2)cc1. The van der Waals surface area contributed by atoms with Crippen LogP contribution in [0.3, 0.4) is 0 Å². The molecule has 2 aromatic carbocycles. The molecule has 7 nitrogen and oxygen atoms in total. The largest absolute Gasteiger partial charge is 0.497 e. The highest BCUT2D eigenvalue weighted by molar-refractivity contribution is 6.30. The van der Waals surface area contributed by atoms with Gasteiger partial charge in [-0.15, -0.1) is 0 Å². The summed E-state index contributed by atoms with van der Waals surface area (Å²) in [4.78, 5) is 37.6. The van der Waals surface area contributed by atoms with E-state index in [1.165, 1.54) is 4.90 Å². The van der Waals surface area contributed by atoms with Gasteiger partial charge in [0, 0.05) is 36.3 Å². The van der Waals surface area contributed by atoms with Gasteiger partial charge >= 0.3 is 0 Å². The van der Waals surface area contributed by atoms with Gasteiger partial charge in [-0.25, -0.2) is 0 Å². The number of nitrogens with zero attached hydrogens (tertiary/aromatic N) is 1. The third-order valence-electron chi connectivity index (χ3n) is 4.12. The first-order valence-electron chi connectivity index (χ1n) is 9.10. The van der Waals surface area contributed by atoms with Crippen LogP contribution in [0.5, 0.6) is 5.75 Å². The molecule has 0 saturated heterocycles. The molecular formula is C21H24ClN3O4. The minimum Gasteiger partial charge on any atom is -0.497 e. The number of carbonyl (C=O) groups is 3. The Morgan fingerprint density at radius 3 is 2.48 bits per heavy atom. The van der Waals surface area contributed by atoms with Gasteiger partial charge in [-0.3, -0.25) is 14.4 Å². The summed E-state index contributed by atoms with van der Waals surface area (Å²) in [5.74, 6) is -0.0233. The van der Waals surface area contributed by atoms with Crippen molar-refractivity contribution in [1.82, 2.24) is 10.2 Å². The second kappa shape index (κ2) is 11.1. The number of rotatable bonds is 9. The van der Waals surface area contributed by atoms with Gasteiger partial charge in [0.25, 0.3) is 5.91 Å². The Labute approximate surface area is 175 Å². The van der Waals surface area contributed by atoms with Crippen molar-refractivity contribution in [3.8, 4) is 5.75 Å². The fraction of sp³-hybridized carbons (Fsp3) is 0.286. The molecule has 0 aliphatic heterocycles. The fourth-order valence-corrected chi connectivity index (χ4v) is 2.74. The van der Waals surface area contributed by atoms with Crippen LogP contribution in [-0.2, 0) is 9.59 Å². The molecule has 0 atom stereocenters. The van der Waals surface area contributed by atoms with Crippen LogP contribution in [-0.4, -0.2) is 49.9 Å². The standard InChI is InChI=1S/C21H24ClN3O4/c1-25(14-19(26)24-17-6-3-5-16(22)13-17)20(27)7-4-12-23-21(28)15-8-10-18(29-2)11-9-15/h3,5-6,8-11,13H,4,7,12,14H2,1-2H3,(H,23,28)(H,24,26). The van der Waals surface area contributed by atoms with Crippen molar-refractivity contribution in [3.05, 3.63) is 59.1 Å². The topological polar surface area (TPSA) is 87.7 Å². The average molecular weight is 418 g/mol. The van der Waals surface area contributed by atoms with Gasteiger partial charge in [0.05, 0.1) is 13.7 Å². The Balaban J connectivity index is 1.68. The van der Waals surface area contributed by atoms with E-state index < -0.39 is 0 Å². The lowest BCUT2D eigenvalue weighted by Crippen LogP contribution is -2.35. The summed E-state index contributed by atoms with van der Waals surface area (Å²) in [7, 11) is 3.12. The third kappa shape index (κ3) is 7.46. The van der Waals surface area contributed by atoms with E-state index in [2.05, 4.69) is 10.6 Å². The zero-order valence-electron chi connectivity index (χ0n) is 16.4. The normalized spacial score (nSPS) is 10.2. The number of halogens is 1. The van der Waals surface area contributed by atoms with Crippen molar-refractivity contribution in [2.45, 2.75) is 12.8 Å². The van der Waals surface area contributed by atoms with E-state index in [-0.39, 0.29) is 30.7 Å². The zero-order valence-corrected chi connectivity index (χ0v) is 17.2. The first-order valence-corrected chi connectivity index (χ1v) is 9.48. The molecule has 154 valence electrons. The molecule has 8 heteroatoms. The van der Waals surface area contributed by atoms with Crippen LogP contribution >= 0.6 is 11.6 Å². The minimum atomic E-state index is -0.309. The molecule has 3 amide bonds. The van der Waals surface area contributed by atoms with Gasteiger partial charge in [-0.1, -0.05) is 17.7 Å². The number of nitrogens with one attached hydrogen (secondary N) is 2. The molecular weight excluding hydrogens is 394 g/mol. The van der Waals surface area contributed by atoms with Crippen LogP contribution in [0.1, 0.15) is 23.2 Å². The molecule has 0 radical (unpaired) electrons. The molecule has 0 fully saturated rings. The summed E-state index contributed by atoms with van der Waals surface area (Å²) in [5, 5.41) is 5.98. The number of carbonyl (C=O) groups excluding carboxylic acids is 3. The highest BCUT2D eigenvalue weighted by atomic mass is 35.5. The van der Waals surface area contributed by atoms with E-state index in [1.54, 1.807) is 62.7 Å². The lowest BCUT2D eigenvalue weighted by atomic mass is 10.2. The molecule has 0 bridgehead atoms. The average Bonchev–Trinajstić information content (AvgIpc) is 2.70. The van der Waals surface area contributed by atoms with E-state index in [9.17, 15) is 14.4 Å². The van der Waals surface area contributed by atoms with E-state index in [4.69, 9.17) is 16.3 Å². The maximum atomic E-state index is 12.2. The lowest BCUT2D eigenvalue weighted by molar-refractivity contribution is -0.133. The second-order valence-electron chi connectivity index (χ2n) is 6.40. The zero-order chi connectivity index (χ0) is 21.2. The fourth-order valence-electron chi connectivity index (χ4n) is 2.55. The first-order chi connectivity index (χ1) is 13.9. The molecule has 2 aromatic rings. The molecule has 0 heterocycles. The number of likely N-dealkylation sites (N-methyl/N-ethyl adjacent to an activating group) is 1. The maximum absolute atomic E-state index is 12.2. The van der Waals surface area contributed by atoms with Crippen molar-refractivity contribution < 1.29 is 19.1 Å². The van der Waals surface area contributed by atoms with Crippen LogP contribution in [0, 0.1) is 0 Å². The Morgan fingerprint density at radius 1 is 1.10 bits per heavy atom. The quantitative estimate of drug-likeness (QED) is 0.614. The monoisotopic (exact) mass is 417 g/mol. The summed E-state index contributed by atoms with van der Waals surface area (Å²) >= 11 is 5.88. The van der Waals surface area contributed by atoms with Gasteiger partial charge in [-0.05, 0) is 48.9 Å². The summed E-state index contributed by atoms with van der Waals surface area (Å²) < 4.78 is 5.05. The molecule has 2 N–H and O–H groups in total. The summed E-state index contributed by atoms with van der Waals surface area (Å²) in [6.45, 7) is 0.294. The van der Waals surface area contributed by atoms with E-state index in [0.29, 0.717) is 35.0 Å². The van der Waals surface area contributed by atoms with Crippen molar-refractivity contribution in [1.29, 1.82) is 0 Å². The molecule has 0 aromatic heterocycles. The van der Waals surface area contributed by atoms with E-state index >= 15 is 0 Å². The van der Waals surface area contributed by atoms with Crippen LogP contribution in [0.2, 0.25) is 5.02 Å². The number of amides is 3. The minimum absolute atomic E-state index is 0.0659. The Morgan fingerprint density at radius 2 is 1.83 bits per heavy atom. The Kier molecular flexibility index (Phi) is 8.48. The van der Waals surface area contributed by atoms with Gasteiger partial charge < -0.3 is 20.3 Å². The number of hydrogen-bond acceptors (Lipinski definition) is 4. The van der Waals surface area contributed by atoms with Crippen LogP contribution in [0.15, 0.2) is 48.5 Å². The molecule has 2 rings (SSSR count). The summed E-state index contributed by atoms with van der Waals surface area (Å²) in [6.07, 6.45) is 0.699. The lowest BCUT2D eigenvalue weighted by Gasteiger charge is -2.17. The predicted octanol–water partition coefficient (Wildman–Crippen LogP) is 2.96. The Bertz CT molecular complexity index is 855. The van der Waals surface area contributed by atoms with Gasteiger partial charge in [0.15, 0.2) is 0 Å². The summed E-state index contributed by atoms with van der Waals surface area (Å²) in [5.41, 5.74) is 1.09. The van der Waals surface area contributed by atoms with Crippen LogP contribution < -0.4 is 15.4 Å². The smallest absolute Gasteiger partial charge is 0.251 e. The predicted molar refractivity (Wildman–Crippen MR) is 112 cm³/mol. The molecule has 29 heavy (non-hydrogen) atoms. The number of anilines is 1. The molecule has 0 saturated carbocycles. The molecule has 0 aliphatic carbocycles. The number of benzene rings is 2. The highest BCUT2D eigenvalue weighted by Gasteiger charge is 2.13. The molecule has 0 aliphatic rings. The molecule has 0 spiro atoms. The number of methoxy groups -OCH3 is 1. The van der Waals surface area contributed by atoms with Gasteiger partial charge in [-0.2, -0.15) is 0 Å². The van der Waals surface area contributed by atoms with Crippen molar-refractivity contribution in [2.75, 3.05) is 32.6 Å². The number of ether oxygens (including phenoxy) is 1.